The SMILES string of the molecule is [2H]C1([2H])C(=O)NC(=O)C([2H])(N2Cc3c(NCc4cccc(CN5CC(C)(C)OC(C)(C)C5)c4F)cccc3C2=O)C1([2H])[2H]. The van der Waals surface area contributed by atoms with E-state index in [-0.39, 0.29) is 29.1 Å². The summed E-state index contributed by atoms with van der Waals surface area (Å²) in [5.74, 6) is -4.17. The summed E-state index contributed by atoms with van der Waals surface area (Å²) in [5.41, 5.74) is 0.982. The highest BCUT2D eigenvalue weighted by molar-refractivity contribution is 6.06. The van der Waals surface area contributed by atoms with E-state index >= 15 is 4.39 Å². The van der Waals surface area contributed by atoms with Crippen molar-refractivity contribution in [2.24, 2.45) is 0 Å². The Labute approximate surface area is 229 Å². The van der Waals surface area contributed by atoms with Crippen LogP contribution >= 0.6 is 0 Å². The van der Waals surface area contributed by atoms with E-state index in [2.05, 4.69) is 10.2 Å². The number of hydrogen-bond acceptors (Lipinski definition) is 6. The molecule has 3 amide bonds. The molecule has 2 fully saturated rings. The van der Waals surface area contributed by atoms with E-state index in [1.807, 2.05) is 27.7 Å². The molecule has 2 saturated heterocycles. The first-order valence-electron chi connectivity index (χ1n) is 15.0. The van der Waals surface area contributed by atoms with Crippen LogP contribution < -0.4 is 10.6 Å². The number of morpholine rings is 1. The lowest BCUT2D eigenvalue weighted by molar-refractivity contribution is -0.182. The van der Waals surface area contributed by atoms with Crippen molar-refractivity contribution in [2.45, 2.75) is 77.3 Å². The number of hydrogen-bond donors (Lipinski definition) is 2. The van der Waals surface area contributed by atoms with Gasteiger partial charge in [0.05, 0.1) is 12.6 Å². The van der Waals surface area contributed by atoms with Gasteiger partial charge < -0.3 is 15.0 Å². The molecule has 2 N–H and O–H groups in total. The van der Waals surface area contributed by atoms with E-state index in [0.29, 0.717) is 46.9 Å². The van der Waals surface area contributed by atoms with Crippen LogP contribution in [0.1, 0.15) is 74.3 Å². The number of benzene rings is 2. The molecule has 1 atom stereocenters. The van der Waals surface area contributed by atoms with E-state index in [0.717, 1.165) is 0 Å². The summed E-state index contributed by atoms with van der Waals surface area (Å²) in [4.78, 5) is 41.0. The number of amides is 3. The van der Waals surface area contributed by atoms with Gasteiger partial charge in [0, 0.05) is 72.5 Å². The Morgan fingerprint density at radius 1 is 1.11 bits per heavy atom. The van der Waals surface area contributed by atoms with Crippen LogP contribution in [-0.2, 0) is 34.0 Å². The van der Waals surface area contributed by atoms with Crippen LogP contribution in [0.2, 0.25) is 0 Å². The van der Waals surface area contributed by atoms with Gasteiger partial charge in [0.2, 0.25) is 11.8 Å². The largest absolute Gasteiger partial charge is 0.381 e. The quantitative estimate of drug-likeness (QED) is 0.558. The van der Waals surface area contributed by atoms with Crippen molar-refractivity contribution in [3.63, 3.8) is 0 Å². The lowest BCUT2D eigenvalue weighted by Gasteiger charge is -2.47. The average molecular weight is 528 g/mol. The van der Waals surface area contributed by atoms with Crippen molar-refractivity contribution in [3.05, 3.63) is 64.5 Å². The molecule has 3 heterocycles. The van der Waals surface area contributed by atoms with Crippen LogP contribution in [0, 0.1) is 5.82 Å². The molecule has 3 aliphatic heterocycles. The van der Waals surface area contributed by atoms with E-state index in [9.17, 15) is 14.4 Å². The molecule has 8 nitrogen and oxygen atoms in total. The van der Waals surface area contributed by atoms with Gasteiger partial charge in [0.25, 0.3) is 5.91 Å². The minimum Gasteiger partial charge on any atom is -0.381 e. The van der Waals surface area contributed by atoms with Gasteiger partial charge in [-0.1, -0.05) is 24.3 Å². The average Bonchev–Trinajstić information content (AvgIpc) is 3.23. The summed E-state index contributed by atoms with van der Waals surface area (Å²) in [6.45, 7) is 9.36. The molecule has 0 aromatic heterocycles. The monoisotopic (exact) mass is 527 g/mol. The molecule has 0 bridgehead atoms. The standard InChI is InChI=1S/C29H35FN4O4/c1-28(2)16-33(17-29(3,4)38-28)14-19-8-5-7-18(25(19)30)13-31-22-10-6-9-20-21(22)15-34(27(20)37)23-11-12-24(35)32-26(23)36/h5-10,23,31H,11-17H2,1-4H3,(H,32,35,36)/i11D2,12D2,23D. The lowest BCUT2D eigenvalue weighted by atomic mass is 9.98. The van der Waals surface area contributed by atoms with Crippen LogP contribution in [0.4, 0.5) is 10.1 Å². The second-order valence-corrected chi connectivity index (χ2v) is 11.1. The highest BCUT2D eigenvalue weighted by atomic mass is 19.1. The number of ether oxygens (including phenoxy) is 1. The Morgan fingerprint density at radius 3 is 2.53 bits per heavy atom. The predicted molar refractivity (Wildman–Crippen MR) is 141 cm³/mol. The van der Waals surface area contributed by atoms with Gasteiger partial charge in [-0.25, -0.2) is 4.39 Å². The van der Waals surface area contributed by atoms with Gasteiger partial charge >= 0.3 is 0 Å². The van der Waals surface area contributed by atoms with Crippen molar-refractivity contribution in [1.29, 1.82) is 0 Å². The second kappa shape index (κ2) is 9.78. The minimum absolute atomic E-state index is 0.0504. The van der Waals surface area contributed by atoms with E-state index in [1.165, 1.54) is 6.07 Å². The van der Waals surface area contributed by atoms with Crippen LogP contribution in [0.25, 0.3) is 0 Å². The maximum absolute atomic E-state index is 15.7. The topological polar surface area (TPSA) is 91.0 Å². The predicted octanol–water partition coefficient (Wildman–Crippen LogP) is 3.59. The molecule has 0 aliphatic carbocycles. The first-order chi connectivity index (χ1) is 19.8. The van der Waals surface area contributed by atoms with E-state index in [1.54, 1.807) is 35.6 Å². The number of carbonyl (C=O) groups excluding carboxylic acids is 3. The van der Waals surface area contributed by atoms with E-state index in [4.69, 9.17) is 11.6 Å². The Balaban J connectivity index is 1.37. The minimum atomic E-state index is -3.36. The fourth-order valence-electron chi connectivity index (χ4n) is 5.62. The maximum Gasteiger partial charge on any atom is 0.255 e. The summed E-state index contributed by atoms with van der Waals surface area (Å²) < 4.78 is 63.1. The van der Waals surface area contributed by atoms with Crippen LogP contribution in [0.5, 0.6) is 0 Å². The van der Waals surface area contributed by atoms with Gasteiger partial charge in [0.1, 0.15) is 11.8 Å². The Morgan fingerprint density at radius 2 is 1.79 bits per heavy atom. The third-order valence-corrected chi connectivity index (χ3v) is 6.76. The number of carbonyl (C=O) groups is 3. The molecular formula is C29H35FN4O4. The number of anilines is 1. The molecule has 9 heteroatoms. The van der Waals surface area contributed by atoms with Crippen LogP contribution in [0.15, 0.2) is 36.4 Å². The van der Waals surface area contributed by atoms with Crippen LogP contribution in [0.3, 0.4) is 0 Å². The lowest BCUT2D eigenvalue weighted by Crippen LogP contribution is -2.56. The molecule has 2 aromatic carbocycles. The molecule has 0 radical (unpaired) electrons. The number of fused-ring (bicyclic) bond motifs is 1. The Bertz CT molecular complexity index is 1500. The van der Waals surface area contributed by atoms with Crippen molar-refractivity contribution >= 4 is 23.4 Å². The summed E-state index contributed by atoms with van der Waals surface area (Å²) in [6, 6.07) is 6.76. The number of halogens is 1. The zero-order chi connectivity index (χ0) is 31.8. The van der Waals surface area contributed by atoms with E-state index < -0.39 is 43.0 Å². The first-order valence-corrected chi connectivity index (χ1v) is 12.5. The molecule has 0 spiro atoms. The zero-order valence-electron chi connectivity index (χ0n) is 26.9. The van der Waals surface area contributed by atoms with Crippen molar-refractivity contribution in [2.75, 3.05) is 18.4 Å². The molecule has 3 aliphatic rings. The van der Waals surface area contributed by atoms with Gasteiger partial charge in [-0.2, -0.15) is 0 Å². The smallest absolute Gasteiger partial charge is 0.255 e. The number of nitrogens with one attached hydrogen (secondary N) is 2. The fraction of sp³-hybridized carbons (Fsp3) is 0.483. The summed E-state index contributed by atoms with van der Waals surface area (Å²) in [5, 5.41) is 4.84. The van der Waals surface area contributed by atoms with Gasteiger partial charge in [-0.3, -0.25) is 24.6 Å². The molecule has 38 heavy (non-hydrogen) atoms. The zero-order valence-corrected chi connectivity index (χ0v) is 21.9. The molecule has 2 aromatic rings. The van der Waals surface area contributed by atoms with Gasteiger partial charge in [-0.15, -0.1) is 0 Å². The molecule has 1 unspecified atom stereocenters. The third kappa shape index (κ3) is 5.31. The van der Waals surface area contributed by atoms with Gasteiger partial charge in [0.15, 0.2) is 0 Å². The Kier molecular flexibility index (Phi) is 5.31. The van der Waals surface area contributed by atoms with Crippen molar-refractivity contribution < 1.29 is 30.4 Å². The molecule has 202 valence electrons. The maximum atomic E-state index is 15.7. The third-order valence-electron chi connectivity index (χ3n) is 6.76. The summed E-state index contributed by atoms with van der Waals surface area (Å²) >= 11 is 0. The molecule has 5 rings (SSSR count). The second-order valence-electron chi connectivity index (χ2n) is 11.1. The first kappa shape index (κ1) is 20.6. The van der Waals surface area contributed by atoms with Crippen molar-refractivity contribution in [3.8, 4) is 0 Å². The van der Waals surface area contributed by atoms with Crippen molar-refractivity contribution in [1.82, 2.24) is 15.1 Å². The highest BCUT2D eigenvalue weighted by Gasteiger charge is 2.40. The Hall–Kier alpha value is -3.30. The van der Waals surface area contributed by atoms with Gasteiger partial charge in [-0.05, 0) is 46.2 Å². The normalized spacial score (nSPS) is 29.3. The van der Waals surface area contributed by atoms with Crippen LogP contribution in [-0.4, -0.2) is 57.8 Å². The highest BCUT2D eigenvalue weighted by Crippen LogP contribution is 2.33. The number of imide groups is 1. The summed E-state index contributed by atoms with van der Waals surface area (Å²) in [6.07, 6.45) is -6.62. The molecule has 0 saturated carbocycles. The summed E-state index contributed by atoms with van der Waals surface area (Å²) in [7, 11) is 0. The molecular weight excluding hydrogens is 487 g/mol. The number of nitrogens with zero attached hydrogens (tertiary/aromatic N) is 2. The fourth-order valence-corrected chi connectivity index (χ4v) is 5.62. The number of rotatable bonds is 6. The number of piperidine rings is 1.